The zero-order valence-electron chi connectivity index (χ0n) is 10.1. The van der Waals surface area contributed by atoms with Crippen LogP contribution in [-0.4, -0.2) is 24.8 Å². The summed E-state index contributed by atoms with van der Waals surface area (Å²) in [4.78, 5) is 5.16. The second-order valence-corrected chi connectivity index (χ2v) is 5.64. The Labute approximate surface area is 112 Å². The number of thiazole rings is 1. The predicted octanol–water partition coefficient (Wildman–Crippen LogP) is 2.83. The molecule has 0 unspecified atom stereocenters. The van der Waals surface area contributed by atoms with Crippen LogP contribution in [0.25, 0.3) is 16.3 Å². The van der Waals surface area contributed by atoms with Crippen molar-refractivity contribution in [3.05, 3.63) is 27.5 Å². The molecular formula is C11H10ClN5S. The Hall–Kier alpha value is -1.53. The highest BCUT2D eigenvalue weighted by Gasteiger charge is 2.16. The molecule has 0 N–H and O–H groups in total. The molecule has 3 aromatic heterocycles. The molecule has 0 bridgehead atoms. The van der Waals surface area contributed by atoms with E-state index < -0.39 is 0 Å². The Morgan fingerprint density at radius 2 is 1.94 bits per heavy atom. The fraction of sp³-hybridized carbons (Fsp3) is 0.273. The van der Waals surface area contributed by atoms with Crippen LogP contribution < -0.4 is 0 Å². The van der Waals surface area contributed by atoms with E-state index in [-0.39, 0.29) is 0 Å². The Morgan fingerprint density at radius 3 is 2.61 bits per heavy atom. The molecule has 18 heavy (non-hydrogen) atoms. The maximum atomic E-state index is 6.11. The molecule has 0 saturated heterocycles. The molecule has 3 rings (SSSR count). The molecule has 0 atom stereocenters. The van der Waals surface area contributed by atoms with Crippen molar-refractivity contribution in [2.75, 3.05) is 0 Å². The van der Waals surface area contributed by atoms with Crippen molar-refractivity contribution in [2.24, 2.45) is 0 Å². The van der Waals surface area contributed by atoms with Crippen LogP contribution in [-0.2, 0) is 0 Å². The second-order valence-electron chi connectivity index (χ2n) is 4.04. The van der Waals surface area contributed by atoms with E-state index in [2.05, 4.69) is 20.3 Å². The van der Waals surface area contributed by atoms with E-state index in [0.717, 1.165) is 26.7 Å². The van der Waals surface area contributed by atoms with Crippen LogP contribution in [0.3, 0.4) is 0 Å². The minimum Gasteiger partial charge on any atom is -0.249 e. The number of hydrogen-bond acceptors (Lipinski definition) is 5. The molecule has 0 aliphatic rings. The molecule has 0 aliphatic carbocycles. The second kappa shape index (κ2) is 4.00. The number of halogens is 1. The summed E-state index contributed by atoms with van der Waals surface area (Å²) in [7, 11) is 0. The van der Waals surface area contributed by atoms with Gasteiger partial charge >= 0.3 is 0 Å². The molecule has 0 amide bonds. The third-order valence-electron chi connectivity index (χ3n) is 2.88. The first-order valence-electron chi connectivity index (χ1n) is 5.39. The normalized spacial score (nSPS) is 11.3. The van der Waals surface area contributed by atoms with Crippen LogP contribution >= 0.6 is 22.9 Å². The standard InChI is InChI=1S/C11H10ClN5S/c1-5-6(2)10-14-15-11(17(10)16-9(5)12)8-4-13-7(3)18-8/h4H,1-3H3. The first-order chi connectivity index (χ1) is 8.58. The first kappa shape index (κ1) is 11.6. The van der Waals surface area contributed by atoms with E-state index in [1.165, 1.54) is 0 Å². The van der Waals surface area contributed by atoms with Crippen molar-refractivity contribution in [3.8, 4) is 10.7 Å². The van der Waals surface area contributed by atoms with Gasteiger partial charge in [-0.15, -0.1) is 21.5 Å². The molecule has 7 heteroatoms. The zero-order valence-corrected chi connectivity index (χ0v) is 11.7. The van der Waals surface area contributed by atoms with E-state index in [1.54, 1.807) is 22.0 Å². The van der Waals surface area contributed by atoms with Gasteiger partial charge < -0.3 is 0 Å². The van der Waals surface area contributed by atoms with Gasteiger partial charge in [0.2, 0.25) is 0 Å². The maximum absolute atomic E-state index is 6.11. The van der Waals surface area contributed by atoms with E-state index in [9.17, 15) is 0 Å². The largest absolute Gasteiger partial charge is 0.249 e. The smallest absolute Gasteiger partial charge is 0.197 e. The quantitative estimate of drug-likeness (QED) is 0.687. The van der Waals surface area contributed by atoms with Crippen LogP contribution in [0.4, 0.5) is 0 Å². The summed E-state index contributed by atoms with van der Waals surface area (Å²) >= 11 is 7.67. The van der Waals surface area contributed by atoms with E-state index in [1.807, 2.05) is 20.8 Å². The van der Waals surface area contributed by atoms with Crippen molar-refractivity contribution in [1.82, 2.24) is 24.8 Å². The van der Waals surface area contributed by atoms with Gasteiger partial charge in [-0.05, 0) is 26.3 Å². The van der Waals surface area contributed by atoms with Crippen LogP contribution in [0.1, 0.15) is 16.1 Å². The van der Waals surface area contributed by atoms with Crippen molar-refractivity contribution < 1.29 is 0 Å². The van der Waals surface area contributed by atoms with Crippen molar-refractivity contribution in [2.45, 2.75) is 20.8 Å². The van der Waals surface area contributed by atoms with Gasteiger partial charge in [0.05, 0.1) is 9.88 Å². The van der Waals surface area contributed by atoms with Crippen molar-refractivity contribution in [1.29, 1.82) is 0 Å². The molecule has 0 fully saturated rings. The fourth-order valence-electron chi connectivity index (χ4n) is 1.71. The average Bonchev–Trinajstić information content (AvgIpc) is 2.92. The Bertz CT molecular complexity index is 745. The Kier molecular flexibility index (Phi) is 2.57. The summed E-state index contributed by atoms with van der Waals surface area (Å²) in [5, 5.41) is 14.1. The summed E-state index contributed by atoms with van der Waals surface area (Å²) in [6.07, 6.45) is 1.78. The lowest BCUT2D eigenvalue weighted by atomic mass is 10.2. The number of aromatic nitrogens is 5. The molecule has 0 aliphatic heterocycles. The van der Waals surface area contributed by atoms with Crippen molar-refractivity contribution >= 4 is 28.6 Å². The van der Waals surface area contributed by atoms with Crippen LogP contribution in [0, 0.1) is 20.8 Å². The highest BCUT2D eigenvalue weighted by atomic mass is 35.5. The molecule has 3 heterocycles. The van der Waals surface area contributed by atoms with Crippen LogP contribution in [0.5, 0.6) is 0 Å². The molecule has 92 valence electrons. The number of nitrogens with zero attached hydrogens (tertiary/aromatic N) is 5. The highest BCUT2D eigenvalue weighted by Crippen LogP contribution is 2.27. The minimum absolute atomic E-state index is 0.474. The molecule has 3 aromatic rings. The lowest BCUT2D eigenvalue weighted by Gasteiger charge is -2.03. The van der Waals surface area contributed by atoms with Gasteiger partial charge in [-0.25, -0.2) is 4.98 Å². The molecular weight excluding hydrogens is 270 g/mol. The molecule has 5 nitrogen and oxygen atoms in total. The van der Waals surface area contributed by atoms with Gasteiger partial charge in [-0.1, -0.05) is 11.6 Å². The lowest BCUT2D eigenvalue weighted by Crippen LogP contribution is -1.99. The minimum atomic E-state index is 0.474. The summed E-state index contributed by atoms with van der Waals surface area (Å²) < 4.78 is 1.68. The monoisotopic (exact) mass is 279 g/mol. The number of rotatable bonds is 1. The third kappa shape index (κ3) is 1.60. The van der Waals surface area contributed by atoms with Crippen LogP contribution in [0.15, 0.2) is 6.20 Å². The van der Waals surface area contributed by atoms with Crippen molar-refractivity contribution in [3.63, 3.8) is 0 Å². The van der Waals surface area contributed by atoms with Gasteiger partial charge in [0.25, 0.3) is 0 Å². The Morgan fingerprint density at radius 1 is 1.17 bits per heavy atom. The Balaban J connectivity index is 2.33. The molecule has 0 spiro atoms. The van der Waals surface area contributed by atoms with Gasteiger partial charge in [0.15, 0.2) is 16.6 Å². The van der Waals surface area contributed by atoms with Gasteiger partial charge in [-0.2, -0.15) is 9.61 Å². The topological polar surface area (TPSA) is 56.0 Å². The molecule has 0 saturated carbocycles. The zero-order chi connectivity index (χ0) is 12.9. The number of aryl methyl sites for hydroxylation is 2. The third-order valence-corrected chi connectivity index (χ3v) is 4.15. The summed E-state index contributed by atoms with van der Waals surface area (Å²) in [5.41, 5.74) is 2.66. The molecule has 0 radical (unpaired) electrons. The summed E-state index contributed by atoms with van der Waals surface area (Å²) in [5.74, 6) is 0.681. The van der Waals surface area contributed by atoms with Gasteiger partial charge in [0.1, 0.15) is 0 Å². The average molecular weight is 280 g/mol. The first-order valence-corrected chi connectivity index (χ1v) is 6.58. The van der Waals surface area contributed by atoms with Gasteiger partial charge in [0, 0.05) is 11.8 Å². The summed E-state index contributed by atoms with van der Waals surface area (Å²) in [6.45, 7) is 5.84. The van der Waals surface area contributed by atoms with Crippen LogP contribution in [0.2, 0.25) is 5.15 Å². The maximum Gasteiger partial charge on any atom is 0.197 e. The lowest BCUT2D eigenvalue weighted by molar-refractivity contribution is 0.921. The number of fused-ring (bicyclic) bond motifs is 1. The van der Waals surface area contributed by atoms with E-state index >= 15 is 0 Å². The van der Waals surface area contributed by atoms with E-state index in [0.29, 0.717) is 11.0 Å². The van der Waals surface area contributed by atoms with Gasteiger partial charge in [-0.3, -0.25) is 0 Å². The number of hydrogen-bond donors (Lipinski definition) is 0. The SMILES string of the molecule is Cc1ncc(-c2nnc3c(C)c(C)c(Cl)nn23)s1. The predicted molar refractivity (Wildman–Crippen MR) is 71.1 cm³/mol. The van der Waals surface area contributed by atoms with E-state index in [4.69, 9.17) is 11.6 Å². The summed E-state index contributed by atoms with van der Waals surface area (Å²) in [6, 6.07) is 0. The highest BCUT2D eigenvalue weighted by molar-refractivity contribution is 7.14. The fourth-order valence-corrected chi connectivity index (χ4v) is 2.68. The molecule has 0 aromatic carbocycles.